The highest BCUT2D eigenvalue weighted by molar-refractivity contribution is 5.76. The van der Waals surface area contributed by atoms with Crippen LogP contribution in [-0.2, 0) is 9.53 Å². The third-order valence-corrected chi connectivity index (χ3v) is 3.22. The molecule has 0 saturated carbocycles. The molecule has 86 valence electrons. The summed E-state index contributed by atoms with van der Waals surface area (Å²) in [6.45, 7) is 6.32. The average Bonchev–Trinajstić information content (AvgIpc) is 2.70. The predicted octanol–water partition coefficient (Wildman–Crippen LogP) is 0.233. The Labute approximate surface area is 91.0 Å². The van der Waals surface area contributed by atoms with Gasteiger partial charge >= 0.3 is 0 Å². The minimum Gasteiger partial charge on any atom is -0.375 e. The second-order valence-electron chi connectivity index (χ2n) is 4.58. The average molecular weight is 212 g/mol. The van der Waals surface area contributed by atoms with E-state index in [1.807, 2.05) is 11.8 Å². The van der Waals surface area contributed by atoms with E-state index >= 15 is 0 Å². The monoisotopic (exact) mass is 212 g/mol. The van der Waals surface area contributed by atoms with Gasteiger partial charge in [-0.25, -0.2) is 0 Å². The van der Waals surface area contributed by atoms with Crippen LogP contribution in [0.5, 0.6) is 0 Å². The summed E-state index contributed by atoms with van der Waals surface area (Å²) in [6.07, 6.45) is 2.05. The third-order valence-electron chi connectivity index (χ3n) is 3.22. The molecular formula is C11H20N2O2. The normalized spacial score (nSPS) is 31.9. The van der Waals surface area contributed by atoms with Crippen molar-refractivity contribution >= 4 is 5.91 Å². The number of carbonyl (C=O) groups excluding carboxylic acids is 1. The lowest BCUT2D eigenvalue weighted by atomic mass is 10.0. The van der Waals surface area contributed by atoms with Crippen LogP contribution in [-0.4, -0.2) is 49.7 Å². The zero-order valence-corrected chi connectivity index (χ0v) is 9.37. The first-order valence-corrected chi connectivity index (χ1v) is 5.86. The number of hydrogen-bond acceptors (Lipinski definition) is 3. The van der Waals surface area contributed by atoms with Gasteiger partial charge in [0.05, 0.1) is 12.7 Å². The van der Waals surface area contributed by atoms with Crippen LogP contribution in [0, 0.1) is 5.92 Å². The molecule has 4 heteroatoms. The van der Waals surface area contributed by atoms with E-state index < -0.39 is 0 Å². The van der Waals surface area contributed by atoms with Crippen molar-refractivity contribution in [2.75, 3.05) is 32.8 Å². The van der Waals surface area contributed by atoms with E-state index in [4.69, 9.17) is 4.74 Å². The van der Waals surface area contributed by atoms with Crippen LogP contribution in [0.15, 0.2) is 0 Å². The molecule has 2 heterocycles. The summed E-state index contributed by atoms with van der Waals surface area (Å²) < 4.78 is 5.42. The molecular weight excluding hydrogens is 192 g/mol. The summed E-state index contributed by atoms with van der Waals surface area (Å²) in [7, 11) is 0. The summed E-state index contributed by atoms with van der Waals surface area (Å²) in [5.41, 5.74) is 0. The van der Waals surface area contributed by atoms with Crippen LogP contribution in [0.2, 0.25) is 0 Å². The largest absolute Gasteiger partial charge is 0.375 e. The van der Waals surface area contributed by atoms with Crippen molar-refractivity contribution in [1.82, 2.24) is 10.2 Å². The van der Waals surface area contributed by atoms with Crippen LogP contribution < -0.4 is 5.32 Å². The third kappa shape index (κ3) is 2.92. The Morgan fingerprint density at radius 2 is 2.47 bits per heavy atom. The highest BCUT2D eigenvalue weighted by Gasteiger charge is 2.25. The van der Waals surface area contributed by atoms with Gasteiger partial charge in [-0.3, -0.25) is 4.79 Å². The Balaban J connectivity index is 1.78. The lowest BCUT2D eigenvalue weighted by Crippen LogP contribution is -2.45. The molecule has 1 N–H and O–H groups in total. The molecule has 2 aliphatic rings. The lowest BCUT2D eigenvalue weighted by molar-refractivity contribution is -0.139. The molecule has 2 rings (SSSR count). The number of morpholine rings is 1. The van der Waals surface area contributed by atoms with Gasteiger partial charge in [-0.05, 0) is 32.4 Å². The molecule has 0 aromatic rings. The van der Waals surface area contributed by atoms with E-state index in [1.165, 1.54) is 0 Å². The molecule has 0 radical (unpaired) electrons. The van der Waals surface area contributed by atoms with Gasteiger partial charge in [-0.15, -0.1) is 0 Å². The van der Waals surface area contributed by atoms with Crippen molar-refractivity contribution in [1.29, 1.82) is 0 Å². The van der Waals surface area contributed by atoms with E-state index in [2.05, 4.69) is 5.32 Å². The summed E-state index contributed by atoms with van der Waals surface area (Å²) >= 11 is 0. The van der Waals surface area contributed by atoms with Crippen molar-refractivity contribution in [3.05, 3.63) is 0 Å². The SMILES string of the molecule is CC1CN(C(=O)CC2CCNC2)CCO1. The Morgan fingerprint density at radius 1 is 1.60 bits per heavy atom. The van der Waals surface area contributed by atoms with Gasteiger partial charge in [-0.1, -0.05) is 0 Å². The van der Waals surface area contributed by atoms with E-state index in [-0.39, 0.29) is 6.10 Å². The zero-order valence-electron chi connectivity index (χ0n) is 9.37. The standard InChI is InChI=1S/C11H20N2O2/c1-9-8-13(4-5-15-9)11(14)6-10-2-3-12-7-10/h9-10,12H,2-8H2,1H3. The fourth-order valence-electron chi connectivity index (χ4n) is 2.31. The van der Waals surface area contributed by atoms with Crippen molar-refractivity contribution in [2.24, 2.45) is 5.92 Å². The van der Waals surface area contributed by atoms with Crippen molar-refractivity contribution in [3.63, 3.8) is 0 Å². The van der Waals surface area contributed by atoms with Crippen LogP contribution in [0.4, 0.5) is 0 Å². The second-order valence-corrected chi connectivity index (χ2v) is 4.58. The highest BCUT2D eigenvalue weighted by atomic mass is 16.5. The number of nitrogens with zero attached hydrogens (tertiary/aromatic N) is 1. The minimum absolute atomic E-state index is 0.199. The minimum atomic E-state index is 0.199. The van der Waals surface area contributed by atoms with E-state index in [1.54, 1.807) is 0 Å². The van der Waals surface area contributed by atoms with Crippen LogP contribution in [0.25, 0.3) is 0 Å². The van der Waals surface area contributed by atoms with Gasteiger partial charge < -0.3 is 15.0 Å². The van der Waals surface area contributed by atoms with E-state index in [9.17, 15) is 4.79 Å². The highest BCUT2D eigenvalue weighted by Crippen LogP contribution is 2.15. The second kappa shape index (κ2) is 4.94. The molecule has 2 fully saturated rings. The Morgan fingerprint density at radius 3 is 3.13 bits per heavy atom. The molecule has 2 unspecified atom stereocenters. The molecule has 0 spiro atoms. The maximum Gasteiger partial charge on any atom is 0.223 e. The molecule has 2 saturated heterocycles. The fraction of sp³-hybridized carbons (Fsp3) is 0.909. The van der Waals surface area contributed by atoms with Crippen molar-refractivity contribution < 1.29 is 9.53 Å². The molecule has 1 amide bonds. The molecule has 0 aliphatic carbocycles. The topological polar surface area (TPSA) is 41.6 Å². The number of rotatable bonds is 2. The summed E-state index contributed by atoms with van der Waals surface area (Å²) in [5, 5.41) is 3.29. The van der Waals surface area contributed by atoms with Crippen LogP contribution in [0.1, 0.15) is 19.8 Å². The number of hydrogen-bond donors (Lipinski definition) is 1. The fourth-order valence-corrected chi connectivity index (χ4v) is 2.31. The quantitative estimate of drug-likeness (QED) is 0.712. The maximum absolute atomic E-state index is 11.9. The molecule has 2 atom stereocenters. The van der Waals surface area contributed by atoms with Crippen molar-refractivity contribution in [2.45, 2.75) is 25.9 Å². The maximum atomic E-state index is 11.9. The summed E-state index contributed by atoms with van der Waals surface area (Å²) in [6, 6.07) is 0. The molecule has 4 nitrogen and oxygen atoms in total. The molecule has 0 bridgehead atoms. The van der Waals surface area contributed by atoms with Gasteiger partial charge in [0, 0.05) is 19.5 Å². The first-order valence-electron chi connectivity index (χ1n) is 5.86. The molecule has 0 aromatic heterocycles. The first-order chi connectivity index (χ1) is 7.25. The summed E-state index contributed by atoms with van der Waals surface area (Å²) in [4.78, 5) is 13.9. The van der Waals surface area contributed by atoms with Crippen molar-refractivity contribution in [3.8, 4) is 0 Å². The van der Waals surface area contributed by atoms with Gasteiger partial charge in [-0.2, -0.15) is 0 Å². The number of carbonyl (C=O) groups is 1. The smallest absolute Gasteiger partial charge is 0.223 e. The molecule has 2 aliphatic heterocycles. The lowest BCUT2D eigenvalue weighted by Gasteiger charge is -2.31. The zero-order chi connectivity index (χ0) is 10.7. The number of amides is 1. The van der Waals surface area contributed by atoms with Gasteiger partial charge in [0.1, 0.15) is 0 Å². The Kier molecular flexibility index (Phi) is 3.59. The van der Waals surface area contributed by atoms with Gasteiger partial charge in [0.15, 0.2) is 0 Å². The number of ether oxygens (including phenoxy) is 1. The predicted molar refractivity (Wildman–Crippen MR) is 57.6 cm³/mol. The molecule has 15 heavy (non-hydrogen) atoms. The van der Waals surface area contributed by atoms with Crippen LogP contribution >= 0.6 is 0 Å². The number of nitrogens with one attached hydrogen (secondary N) is 1. The Bertz CT molecular complexity index is 227. The molecule has 0 aromatic carbocycles. The van der Waals surface area contributed by atoms with E-state index in [0.29, 0.717) is 24.9 Å². The summed E-state index contributed by atoms with van der Waals surface area (Å²) in [5.74, 6) is 0.856. The van der Waals surface area contributed by atoms with E-state index in [0.717, 1.165) is 32.6 Å². The van der Waals surface area contributed by atoms with Gasteiger partial charge in [0.2, 0.25) is 5.91 Å². The van der Waals surface area contributed by atoms with Crippen LogP contribution in [0.3, 0.4) is 0 Å². The Hall–Kier alpha value is -0.610. The first kappa shape index (κ1) is 10.9. The van der Waals surface area contributed by atoms with Gasteiger partial charge in [0.25, 0.3) is 0 Å².